The van der Waals surface area contributed by atoms with E-state index >= 15 is 0 Å². The van der Waals surface area contributed by atoms with Crippen LogP contribution in [0.4, 0.5) is 0 Å². The van der Waals surface area contributed by atoms with Crippen molar-refractivity contribution in [1.82, 2.24) is 4.98 Å². The van der Waals surface area contributed by atoms with Crippen LogP contribution in [0.5, 0.6) is 11.6 Å². The Hall–Kier alpha value is -2.53. The molecule has 3 aromatic rings. The molecule has 0 spiro atoms. The highest BCUT2D eigenvalue weighted by Gasteiger charge is 2.40. The number of nitrogens with one attached hydrogen (secondary N) is 1. The number of benzene rings is 2. The maximum atomic E-state index is 12.1. The quantitative estimate of drug-likeness (QED) is 0.679. The van der Waals surface area contributed by atoms with Gasteiger partial charge in [0.1, 0.15) is 0 Å². The molecule has 2 aliphatic carbocycles. The van der Waals surface area contributed by atoms with Crippen LogP contribution < -0.4 is 14.9 Å². The van der Waals surface area contributed by atoms with Gasteiger partial charge in [0.2, 0.25) is 5.88 Å². The van der Waals surface area contributed by atoms with Crippen molar-refractivity contribution in [2.45, 2.75) is 31.8 Å². The van der Waals surface area contributed by atoms with Crippen LogP contribution in [0, 0.1) is 11.8 Å². The van der Waals surface area contributed by atoms with Crippen molar-refractivity contribution in [3.05, 3.63) is 45.6 Å². The van der Waals surface area contributed by atoms with Crippen molar-refractivity contribution in [3.8, 4) is 11.6 Å². The van der Waals surface area contributed by atoms with Crippen LogP contribution in [0.15, 0.2) is 29.1 Å². The summed E-state index contributed by atoms with van der Waals surface area (Å²) in [6, 6.07) is 7.12. The third kappa shape index (κ3) is 2.31. The number of H-pyrrole nitrogens is 1. The molecule has 2 N–H and O–H groups in total. The highest BCUT2D eigenvalue weighted by Crippen LogP contribution is 2.51. The van der Waals surface area contributed by atoms with Crippen molar-refractivity contribution < 1.29 is 14.6 Å². The Morgan fingerprint density at radius 3 is 2.70 bits per heavy atom. The highest BCUT2D eigenvalue weighted by molar-refractivity contribution is 6.10. The molecule has 1 heterocycles. The van der Waals surface area contributed by atoms with E-state index in [0.29, 0.717) is 23.5 Å². The molecule has 5 rings (SSSR count). The number of hydrogen-bond acceptors (Lipinski definition) is 4. The normalized spacial score (nSPS) is 24.0. The van der Waals surface area contributed by atoms with E-state index in [9.17, 15) is 9.90 Å². The first-order chi connectivity index (χ1) is 13.1. The average molecular weight is 365 g/mol. The fourth-order valence-electron chi connectivity index (χ4n) is 5.30. The summed E-state index contributed by atoms with van der Waals surface area (Å²) in [6.45, 7) is 0. The molecule has 0 radical (unpaired) electrons. The smallest absolute Gasteiger partial charge is 0.234 e. The van der Waals surface area contributed by atoms with Crippen LogP contribution in [0.1, 0.15) is 36.5 Å². The van der Waals surface area contributed by atoms with Gasteiger partial charge in [-0.1, -0.05) is 12.5 Å². The number of pyridine rings is 1. The van der Waals surface area contributed by atoms with Gasteiger partial charge in [-0.25, -0.2) is 0 Å². The average Bonchev–Trinajstić information content (AvgIpc) is 3.16. The van der Waals surface area contributed by atoms with Gasteiger partial charge in [0.25, 0.3) is 0 Å². The number of ether oxygens (including phenoxy) is 2. The maximum absolute atomic E-state index is 12.1. The van der Waals surface area contributed by atoms with Crippen molar-refractivity contribution in [2.24, 2.45) is 11.8 Å². The highest BCUT2D eigenvalue weighted by atomic mass is 16.5. The second-order valence-corrected chi connectivity index (χ2v) is 7.76. The number of methoxy groups -OCH3 is 2. The van der Waals surface area contributed by atoms with Gasteiger partial charge in [-0.2, -0.15) is 0 Å². The second-order valence-electron chi connectivity index (χ2n) is 7.76. The largest absolute Gasteiger partial charge is 0.491 e. The van der Waals surface area contributed by atoms with E-state index in [2.05, 4.69) is 4.98 Å². The molecule has 0 aliphatic heterocycles. The number of aliphatic hydroxyl groups excluding tert-OH is 1. The Bertz CT molecular complexity index is 1120. The summed E-state index contributed by atoms with van der Waals surface area (Å²) in [5.41, 5.74) is 2.95. The van der Waals surface area contributed by atoms with Crippen LogP contribution in [0.3, 0.4) is 0 Å². The van der Waals surface area contributed by atoms with E-state index in [1.54, 1.807) is 26.4 Å². The Balaban J connectivity index is 1.94. The first-order valence-corrected chi connectivity index (χ1v) is 9.54. The van der Waals surface area contributed by atoms with Crippen LogP contribution in [0.25, 0.3) is 21.7 Å². The zero-order valence-corrected chi connectivity index (χ0v) is 15.5. The molecule has 27 heavy (non-hydrogen) atoms. The van der Waals surface area contributed by atoms with Crippen LogP contribution in [-0.2, 0) is 6.42 Å². The van der Waals surface area contributed by atoms with E-state index in [1.807, 2.05) is 12.1 Å². The zero-order chi connectivity index (χ0) is 18.7. The minimum Gasteiger partial charge on any atom is -0.491 e. The van der Waals surface area contributed by atoms with E-state index < -0.39 is 6.10 Å². The number of aromatic nitrogens is 1. The lowest BCUT2D eigenvalue weighted by atomic mass is 9.73. The van der Waals surface area contributed by atoms with Gasteiger partial charge in [0.15, 0.2) is 11.2 Å². The molecule has 1 aromatic heterocycles. The summed E-state index contributed by atoms with van der Waals surface area (Å²) >= 11 is 0. The summed E-state index contributed by atoms with van der Waals surface area (Å²) < 4.78 is 10.9. The lowest BCUT2D eigenvalue weighted by molar-refractivity contribution is 0.0758. The molecule has 0 saturated heterocycles. The molecule has 1 saturated carbocycles. The van der Waals surface area contributed by atoms with E-state index in [1.165, 1.54) is 6.42 Å². The van der Waals surface area contributed by atoms with E-state index in [-0.39, 0.29) is 5.43 Å². The topological polar surface area (TPSA) is 71.5 Å². The Kier molecular flexibility index (Phi) is 3.69. The second kappa shape index (κ2) is 5.99. The Labute approximate surface area is 156 Å². The summed E-state index contributed by atoms with van der Waals surface area (Å²) in [7, 11) is 3.18. The van der Waals surface area contributed by atoms with Gasteiger partial charge in [-0.3, -0.25) is 4.79 Å². The summed E-state index contributed by atoms with van der Waals surface area (Å²) in [6.07, 6.45) is 3.84. The van der Waals surface area contributed by atoms with Crippen molar-refractivity contribution in [1.29, 1.82) is 0 Å². The molecule has 0 amide bonds. The van der Waals surface area contributed by atoms with Gasteiger partial charge in [0, 0.05) is 10.9 Å². The lowest BCUT2D eigenvalue weighted by Crippen LogP contribution is -2.26. The number of hydrogen-bond donors (Lipinski definition) is 2. The minimum absolute atomic E-state index is 0.0198. The Morgan fingerprint density at radius 2 is 1.93 bits per heavy atom. The lowest BCUT2D eigenvalue weighted by Gasteiger charge is -2.34. The van der Waals surface area contributed by atoms with Gasteiger partial charge in [-0.15, -0.1) is 0 Å². The van der Waals surface area contributed by atoms with Crippen molar-refractivity contribution in [3.63, 3.8) is 0 Å². The minimum atomic E-state index is -0.505. The van der Waals surface area contributed by atoms with Gasteiger partial charge < -0.3 is 19.6 Å². The van der Waals surface area contributed by atoms with Crippen LogP contribution in [-0.4, -0.2) is 24.3 Å². The van der Waals surface area contributed by atoms with E-state index in [0.717, 1.165) is 52.1 Å². The molecule has 3 atom stereocenters. The molecule has 5 heteroatoms. The van der Waals surface area contributed by atoms with Gasteiger partial charge in [0.05, 0.1) is 25.8 Å². The molecule has 140 valence electrons. The first kappa shape index (κ1) is 16.6. The van der Waals surface area contributed by atoms with Crippen LogP contribution >= 0.6 is 0 Å². The molecule has 5 nitrogen and oxygen atoms in total. The molecule has 0 bridgehead atoms. The Morgan fingerprint density at radius 1 is 1.07 bits per heavy atom. The standard InChI is InChI=1S/C22H23NO4/c1-26-18-10-17-15-9-12(24)6-7-14(15)16-8-11-4-3-5-13(11)21(25)19(16)20(17)23-22(18)27-2/h6-7,9-11,13,21,23,25H,3-5,8H2,1-2H3/t11?,13-,21-/m0/s1. The molecule has 2 aromatic carbocycles. The molecule has 1 fully saturated rings. The van der Waals surface area contributed by atoms with Crippen molar-refractivity contribution in [2.75, 3.05) is 14.2 Å². The fourth-order valence-corrected chi connectivity index (χ4v) is 5.30. The summed E-state index contributed by atoms with van der Waals surface area (Å²) in [5, 5.41) is 14.1. The predicted molar refractivity (Wildman–Crippen MR) is 105 cm³/mol. The van der Waals surface area contributed by atoms with Gasteiger partial charge >= 0.3 is 0 Å². The molecular formula is C22H23NO4. The number of aromatic amines is 1. The maximum Gasteiger partial charge on any atom is 0.234 e. The SMILES string of the molecule is COc1cc2c([nH]c1OC)c1c(c3ccc(=O)cc32)CC2CCC[C@@H]2[C@@H]1O. The third-order valence-electron chi connectivity index (χ3n) is 6.52. The van der Waals surface area contributed by atoms with Crippen LogP contribution in [0.2, 0.25) is 0 Å². The first-order valence-electron chi connectivity index (χ1n) is 9.54. The zero-order valence-electron chi connectivity index (χ0n) is 15.5. The fraction of sp³-hybridized carbons (Fsp3) is 0.409. The molecule has 2 aliphatic rings. The monoisotopic (exact) mass is 365 g/mol. The number of fused-ring (bicyclic) bond motifs is 7. The number of aliphatic hydroxyl groups is 1. The molecular weight excluding hydrogens is 342 g/mol. The van der Waals surface area contributed by atoms with Crippen molar-refractivity contribution >= 4 is 21.7 Å². The summed E-state index contributed by atoms with van der Waals surface area (Å²) in [4.78, 5) is 15.4. The predicted octanol–water partition coefficient (Wildman–Crippen LogP) is 3.70. The molecule has 1 unspecified atom stereocenters. The summed E-state index contributed by atoms with van der Waals surface area (Å²) in [5.74, 6) is 1.91. The van der Waals surface area contributed by atoms with E-state index in [4.69, 9.17) is 9.47 Å². The third-order valence-corrected chi connectivity index (χ3v) is 6.52. The number of rotatable bonds is 2. The van der Waals surface area contributed by atoms with Gasteiger partial charge in [-0.05, 0) is 65.6 Å².